The Morgan fingerprint density at radius 2 is 2.26 bits per heavy atom. The molecule has 0 aromatic heterocycles. The minimum Gasteiger partial charge on any atom is -0.392 e. The monoisotopic (exact) mass is 262 g/mol. The molecule has 104 valence electrons. The molecular formula is C15H22N2O2. The van der Waals surface area contributed by atoms with Crippen LogP contribution in [-0.2, 0) is 11.4 Å². The number of amides is 1. The molecule has 0 radical (unpaired) electrons. The fraction of sp³-hybridized carbons (Fsp3) is 0.533. The second-order valence-electron chi connectivity index (χ2n) is 5.13. The number of hydrogen-bond acceptors (Lipinski definition) is 3. The summed E-state index contributed by atoms with van der Waals surface area (Å²) in [5.41, 5.74) is 1.02. The standard InChI is InChI=1S/C15H22N2O2/c1-2-8-15(9-5-10-16-15)14(19)17-13-7-4-3-6-12(13)11-18/h3-4,6-7,16,18H,2,5,8-11H2,1H3,(H,17,19). The number of carbonyl (C=O) groups excluding carboxylic acids is 1. The topological polar surface area (TPSA) is 61.4 Å². The van der Waals surface area contributed by atoms with Gasteiger partial charge in [-0.05, 0) is 31.9 Å². The van der Waals surface area contributed by atoms with E-state index in [4.69, 9.17) is 0 Å². The summed E-state index contributed by atoms with van der Waals surface area (Å²) in [6.45, 7) is 2.93. The number of carbonyl (C=O) groups is 1. The molecule has 4 nitrogen and oxygen atoms in total. The van der Waals surface area contributed by atoms with Gasteiger partial charge in [0, 0.05) is 11.3 Å². The number of para-hydroxylation sites is 1. The second kappa shape index (κ2) is 6.17. The lowest BCUT2D eigenvalue weighted by molar-refractivity contribution is -0.122. The highest BCUT2D eigenvalue weighted by atomic mass is 16.3. The van der Waals surface area contributed by atoms with Gasteiger partial charge in [0.15, 0.2) is 0 Å². The summed E-state index contributed by atoms with van der Waals surface area (Å²) in [4.78, 5) is 12.5. The zero-order chi connectivity index (χ0) is 13.7. The van der Waals surface area contributed by atoms with Crippen molar-refractivity contribution >= 4 is 11.6 Å². The first-order chi connectivity index (χ1) is 9.22. The maximum absolute atomic E-state index is 12.5. The molecule has 19 heavy (non-hydrogen) atoms. The molecule has 3 N–H and O–H groups in total. The third-order valence-corrected chi connectivity index (χ3v) is 3.79. The Balaban J connectivity index is 2.15. The molecule has 1 aromatic carbocycles. The molecule has 1 fully saturated rings. The summed E-state index contributed by atoms with van der Waals surface area (Å²) in [5, 5.41) is 15.6. The van der Waals surface area contributed by atoms with E-state index in [0.29, 0.717) is 5.69 Å². The summed E-state index contributed by atoms with van der Waals surface area (Å²) in [7, 11) is 0. The van der Waals surface area contributed by atoms with Crippen molar-refractivity contribution in [2.24, 2.45) is 0 Å². The van der Waals surface area contributed by atoms with Crippen LogP contribution in [0.1, 0.15) is 38.2 Å². The highest BCUT2D eigenvalue weighted by Crippen LogP contribution is 2.27. The van der Waals surface area contributed by atoms with Gasteiger partial charge in [-0.2, -0.15) is 0 Å². The lowest BCUT2D eigenvalue weighted by Crippen LogP contribution is -2.50. The summed E-state index contributed by atoms with van der Waals surface area (Å²) in [6.07, 6.45) is 3.74. The number of rotatable bonds is 5. The molecule has 1 atom stereocenters. The van der Waals surface area contributed by atoms with Crippen LogP contribution in [-0.4, -0.2) is 23.1 Å². The van der Waals surface area contributed by atoms with E-state index in [1.165, 1.54) is 0 Å². The van der Waals surface area contributed by atoms with Crippen LogP contribution in [0.5, 0.6) is 0 Å². The van der Waals surface area contributed by atoms with Crippen molar-refractivity contribution in [3.63, 3.8) is 0 Å². The van der Waals surface area contributed by atoms with Gasteiger partial charge in [-0.3, -0.25) is 4.79 Å². The first-order valence-corrected chi connectivity index (χ1v) is 6.97. The Morgan fingerprint density at radius 1 is 1.47 bits per heavy atom. The Morgan fingerprint density at radius 3 is 2.89 bits per heavy atom. The van der Waals surface area contributed by atoms with Gasteiger partial charge in [0.25, 0.3) is 0 Å². The Bertz CT molecular complexity index is 440. The zero-order valence-corrected chi connectivity index (χ0v) is 11.4. The van der Waals surface area contributed by atoms with E-state index in [1.54, 1.807) is 0 Å². The molecule has 1 amide bonds. The van der Waals surface area contributed by atoms with Crippen LogP contribution in [0, 0.1) is 0 Å². The van der Waals surface area contributed by atoms with Crippen LogP contribution < -0.4 is 10.6 Å². The van der Waals surface area contributed by atoms with Crippen molar-refractivity contribution in [1.29, 1.82) is 0 Å². The van der Waals surface area contributed by atoms with Gasteiger partial charge < -0.3 is 15.7 Å². The first kappa shape index (κ1) is 14.0. The molecule has 0 bridgehead atoms. The van der Waals surface area contributed by atoms with Crippen LogP contribution in [0.25, 0.3) is 0 Å². The average molecular weight is 262 g/mol. The number of nitrogens with one attached hydrogen (secondary N) is 2. The molecule has 0 saturated carbocycles. The van der Waals surface area contributed by atoms with E-state index in [0.717, 1.165) is 37.8 Å². The van der Waals surface area contributed by atoms with Gasteiger partial charge in [0.1, 0.15) is 0 Å². The van der Waals surface area contributed by atoms with Gasteiger partial charge in [0.2, 0.25) is 5.91 Å². The van der Waals surface area contributed by atoms with E-state index in [9.17, 15) is 9.90 Å². The highest BCUT2D eigenvalue weighted by Gasteiger charge is 2.39. The van der Waals surface area contributed by atoms with Crippen LogP contribution in [0.15, 0.2) is 24.3 Å². The normalized spacial score (nSPS) is 22.4. The van der Waals surface area contributed by atoms with Crippen LogP contribution in [0.2, 0.25) is 0 Å². The molecule has 1 aliphatic heterocycles. The van der Waals surface area contributed by atoms with Crippen LogP contribution in [0.3, 0.4) is 0 Å². The lowest BCUT2D eigenvalue weighted by Gasteiger charge is -2.28. The summed E-state index contributed by atoms with van der Waals surface area (Å²) in [6, 6.07) is 7.38. The minimum atomic E-state index is -0.433. The predicted octanol–water partition coefficient (Wildman–Crippen LogP) is 2.04. The molecule has 1 heterocycles. The average Bonchev–Trinajstić information content (AvgIpc) is 2.90. The molecule has 1 unspecified atom stereocenters. The molecule has 0 spiro atoms. The SMILES string of the molecule is CCCC1(C(=O)Nc2ccccc2CO)CCCN1. The smallest absolute Gasteiger partial charge is 0.244 e. The third kappa shape index (κ3) is 2.96. The van der Waals surface area contributed by atoms with Crippen molar-refractivity contribution in [1.82, 2.24) is 5.32 Å². The predicted molar refractivity (Wildman–Crippen MR) is 75.9 cm³/mol. The van der Waals surface area contributed by atoms with E-state index < -0.39 is 5.54 Å². The number of aliphatic hydroxyl groups excluding tert-OH is 1. The quantitative estimate of drug-likeness (QED) is 0.761. The van der Waals surface area contributed by atoms with Crippen molar-refractivity contribution in [2.75, 3.05) is 11.9 Å². The van der Waals surface area contributed by atoms with Crippen molar-refractivity contribution in [2.45, 2.75) is 44.8 Å². The Hall–Kier alpha value is -1.39. The van der Waals surface area contributed by atoms with E-state index in [1.807, 2.05) is 24.3 Å². The summed E-state index contributed by atoms with van der Waals surface area (Å²) >= 11 is 0. The van der Waals surface area contributed by atoms with Crippen molar-refractivity contribution in [3.05, 3.63) is 29.8 Å². The molecule has 1 aliphatic rings. The minimum absolute atomic E-state index is 0.0211. The largest absolute Gasteiger partial charge is 0.392 e. The number of hydrogen-bond donors (Lipinski definition) is 3. The molecule has 4 heteroatoms. The van der Waals surface area contributed by atoms with E-state index >= 15 is 0 Å². The summed E-state index contributed by atoms with van der Waals surface area (Å²) < 4.78 is 0. The molecule has 1 aromatic rings. The Kier molecular flexibility index (Phi) is 4.56. The second-order valence-corrected chi connectivity index (χ2v) is 5.13. The number of anilines is 1. The van der Waals surface area contributed by atoms with Gasteiger partial charge in [0.05, 0.1) is 12.1 Å². The Labute approximate surface area is 114 Å². The van der Waals surface area contributed by atoms with E-state index in [2.05, 4.69) is 17.6 Å². The number of aliphatic hydroxyl groups is 1. The number of benzene rings is 1. The maximum Gasteiger partial charge on any atom is 0.244 e. The zero-order valence-electron chi connectivity index (χ0n) is 11.4. The third-order valence-electron chi connectivity index (χ3n) is 3.79. The van der Waals surface area contributed by atoms with Gasteiger partial charge in [-0.1, -0.05) is 31.5 Å². The van der Waals surface area contributed by atoms with Crippen molar-refractivity contribution in [3.8, 4) is 0 Å². The fourth-order valence-electron chi connectivity index (χ4n) is 2.78. The molecule has 1 saturated heterocycles. The molecule has 2 rings (SSSR count). The van der Waals surface area contributed by atoms with E-state index in [-0.39, 0.29) is 12.5 Å². The summed E-state index contributed by atoms with van der Waals surface area (Å²) in [5.74, 6) is 0.0211. The fourth-order valence-corrected chi connectivity index (χ4v) is 2.78. The van der Waals surface area contributed by atoms with Crippen LogP contribution in [0.4, 0.5) is 5.69 Å². The van der Waals surface area contributed by atoms with Gasteiger partial charge in [-0.15, -0.1) is 0 Å². The lowest BCUT2D eigenvalue weighted by atomic mass is 9.90. The molecule has 0 aliphatic carbocycles. The molecular weight excluding hydrogens is 240 g/mol. The van der Waals surface area contributed by atoms with Crippen molar-refractivity contribution < 1.29 is 9.90 Å². The van der Waals surface area contributed by atoms with Gasteiger partial charge in [-0.25, -0.2) is 0 Å². The highest BCUT2D eigenvalue weighted by molar-refractivity contribution is 5.98. The van der Waals surface area contributed by atoms with Gasteiger partial charge >= 0.3 is 0 Å². The van der Waals surface area contributed by atoms with Crippen LogP contribution >= 0.6 is 0 Å². The maximum atomic E-state index is 12.5. The first-order valence-electron chi connectivity index (χ1n) is 6.97.